The van der Waals surface area contributed by atoms with Gasteiger partial charge in [0.15, 0.2) is 5.78 Å². The van der Waals surface area contributed by atoms with E-state index in [1.54, 1.807) is 37.3 Å². The number of anilines is 1. The van der Waals surface area contributed by atoms with Crippen LogP contribution >= 0.6 is 0 Å². The smallest absolute Gasteiger partial charge is 0.267 e. The number of aromatic nitrogens is 2. The minimum atomic E-state index is -0.804. The molecule has 3 aromatic rings. The molecule has 0 spiro atoms. The molecule has 6 heteroatoms. The lowest BCUT2D eigenvalue weighted by molar-refractivity contribution is -0.119. The molecule has 0 aliphatic carbocycles. The molecule has 0 unspecified atom stereocenters. The lowest BCUT2D eigenvalue weighted by Crippen LogP contribution is -2.33. The van der Waals surface area contributed by atoms with Gasteiger partial charge < -0.3 is 5.32 Å². The van der Waals surface area contributed by atoms with Crippen molar-refractivity contribution in [3.63, 3.8) is 0 Å². The van der Waals surface area contributed by atoms with E-state index < -0.39 is 6.04 Å². The van der Waals surface area contributed by atoms with Crippen molar-refractivity contribution >= 4 is 17.4 Å². The zero-order chi connectivity index (χ0) is 21.1. The highest BCUT2D eigenvalue weighted by Crippen LogP contribution is 2.20. The fraction of sp³-hybridized carbons (Fsp3) is 0.217. The normalized spacial score (nSPS) is 11.7. The summed E-state index contributed by atoms with van der Waals surface area (Å²) in [4.78, 5) is 36.3. The first-order chi connectivity index (χ1) is 13.8. The first-order valence-electron chi connectivity index (χ1n) is 9.35. The lowest BCUT2D eigenvalue weighted by atomic mass is 10.0. The number of ketones is 1. The van der Waals surface area contributed by atoms with Gasteiger partial charge in [0.2, 0.25) is 5.91 Å². The van der Waals surface area contributed by atoms with Gasteiger partial charge in [0.05, 0.1) is 5.69 Å². The quantitative estimate of drug-likeness (QED) is 0.671. The Hall–Kier alpha value is -3.54. The molecule has 1 amide bonds. The monoisotopic (exact) mass is 389 g/mol. The molecule has 1 atom stereocenters. The number of nitrogens with one attached hydrogen (secondary N) is 1. The summed E-state index contributed by atoms with van der Waals surface area (Å²) in [5.41, 5.74) is 4.56. The summed E-state index contributed by atoms with van der Waals surface area (Å²) in [6.45, 7) is 7.15. The Morgan fingerprint density at radius 1 is 0.966 bits per heavy atom. The second kappa shape index (κ2) is 8.22. The van der Waals surface area contributed by atoms with Gasteiger partial charge >= 0.3 is 0 Å². The summed E-state index contributed by atoms with van der Waals surface area (Å²) >= 11 is 0. The van der Waals surface area contributed by atoms with Crippen molar-refractivity contribution in [1.82, 2.24) is 9.78 Å². The average molecular weight is 389 g/mol. The molecule has 1 aromatic heterocycles. The molecule has 3 rings (SSSR count). The molecule has 0 bridgehead atoms. The van der Waals surface area contributed by atoms with Crippen LogP contribution in [-0.4, -0.2) is 21.5 Å². The maximum absolute atomic E-state index is 12.7. The number of carbonyl (C=O) groups excluding carboxylic acids is 2. The van der Waals surface area contributed by atoms with E-state index in [0.717, 1.165) is 11.1 Å². The zero-order valence-corrected chi connectivity index (χ0v) is 16.9. The zero-order valence-electron chi connectivity index (χ0n) is 16.9. The second-order valence-electron chi connectivity index (χ2n) is 7.10. The summed E-state index contributed by atoms with van der Waals surface area (Å²) in [7, 11) is 0. The van der Waals surface area contributed by atoms with Crippen molar-refractivity contribution in [1.29, 1.82) is 0 Å². The van der Waals surface area contributed by atoms with Crippen molar-refractivity contribution < 1.29 is 9.59 Å². The number of nitrogens with zero attached hydrogens (tertiary/aromatic N) is 2. The van der Waals surface area contributed by atoms with Crippen LogP contribution in [0.3, 0.4) is 0 Å². The van der Waals surface area contributed by atoms with Crippen LogP contribution in [0.25, 0.3) is 11.3 Å². The van der Waals surface area contributed by atoms with Crippen molar-refractivity contribution in [3.05, 3.63) is 81.6 Å². The van der Waals surface area contributed by atoms with Crippen LogP contribution in [-0.2, 0) is 4.79 Å². The van der Waals surface area contributed by atoms with E-state index in [9.17, 15) is 14.4 Å². The van der Waals surface area contributed by atoms with Crippen LogP contribution < -0.4 is 10.9 Å². The number of aryl methyl sites for hydroxylation is 2. The van der Waals surface area contributed by atoms with Gasteiger partial charge in [-0.3, -0.25) is 14.4 Å². The lowest BCUT2D eigenvalue weighted by Gasteiger charge is -2.15. The van der Waals surface area contributed by atoms with Gasteiger partial charge in [-0.05, 0) is 75.2 Å². The molecule has 0 aliphatic heterocycles. The third kappa shape index (κ3) is 4.48. The largest absolute Gasteiger partial charge is 0.324 e. The predicted molar refractivity (Wildman–Crippen MR) is 113 cm³/mol. The molecule has 0 aliphatic rings. The number of hydrogen-bond acceptors (Lipinski definition) is 4. The highest BCUT2D eigenvalue weighted by molar-refractivity contribution is 5.96. The minimum Gasteiger partial charge on any atom is -0.324 e. The fourth-order valence-electron chi connectivity index (χ4n) is 2.90. The first kappa shape index (κ1) is 20.2. The van der Waals surface area contributed by atoms with Crippen molar-refractivity contribution in [3.8, 4) is 11.3 Å². The van der Waals surface area contributed by atoms with Gasteiger partial charge in [-0.2, -0.15) is 5.10 Å². The SMILES string of the molecule is CC(=O)c1ccc(NC(=O)[C@@H](C)n2nc(-c3ccc(C)c(C)c3)ccc2=O)cc1. The van der Waals surface area contributed by atoms with Gasteiger partial charge in [0.25, 0.3) is 5.56 Å². The Balaban J connectivity index is 1.85. The summed E-state index contributed by atoms with van der Waals surface area (Å²) in [5.74, 6) is -0.414. The Bertz CT molecular complexity index is 1130. The molecule has 1 heterocycles. The molecule has 2 aromatic carbocycles. The number of rotatable bonds is 5. The second-order valence-corrected chi connectivity index (χ2v) is 7.10. The van der Waals surface area contributed by atoms with E-state index in [-0.39, 0.29) is 17.2 Å². The Kier molecular flexibility index (Phi) is 5.73. The maximum atomic E-state index is 12.7. The number of hydrogen-bond donors (Lipinski definition) is 1. The highest BCUT2D eigenvalue weighted by Gasteiger charge is 2.18. The van der Waals surface area contributed by atoms with Crippen LogP contribution in [0.4, 0.5) is 5.69 Å². The molecule has 148 valence electrons. The third-order valence-electron chi connectivity index (χ3n) is 4.93. The van der Waals surface area contributed by atoms with E-state index in [1.807, 2.05) is 32.0 Å². The Labute approximate surface area is 169 Å². The standard InChI is InChI=1S/C23H23N3O3/c1-14-5-6-19(13-15(14)2)21-11-12-22(28)26(25-21)16(3)23(29)24-20-9-7-18(8-10-20)17(4)27/h5-13,16H,1-4H3,(H,24,29)/t16-/m1/s1. The Morgan fingerprint density at radius 2 is 1.66 bits per heavy atom. The van der Waals surface area contributed by atoms with Crippen LogP contribution in [0.2, 0.25) is 0 Å². The number of Topliss-reactive ketones (excluding diaryl/α,β-unsaturated/α-hetero) is 1. The van der Waals surface area contributed by atoms with E-state index in [0.29, 0.717) is 16.9 Å². The van der Waals surface area contributed by atoms with E-state index in [2.05, 4.69) is 10.4 Å². The number of benzene rings is 2. The topological polar surface area (TPSA) is 81.1 Å². The molecule has 0 radical (unpaired) electrons. The van der Waals surface area contributed by atoms with Crippen molar-refractivity contribution in [2.45, 2.75) is 33.7 Å². The van der Waals surface area contributed by atoms with Crippen LogP contribution in [0.5, 0.6) is 0 Å². The number of carbonyl (C=O) groups is 2. The molecule has 29 heavy (non-hydrogen) atoms. The maximum Gasteiger partial charge on any atom is 0.267 e. The van der Waals surface area contributed by atoms with Crippen LogP contribution in [0, 0.1) is 13.8 Å². The molecule has 0 fully saturated rings. The summed E-state index contributed by atoms with van der Waals surface area (Å²) in [5, 5.41) is 7.17. The van der Waals surface area contributed by atoms with E-state index >= 15 is 0 Å². The highest BCUT2D eigenvalue weighted by atomic mass is 16.2. The molecule has 0 saturated carbocycles. The molecule has 6 nitrogen and oxygen atoms in total. The third-order valence-corrected chi connectivity index (χ3v) is 4.93. The molecular formula is C23H23N3O3. The van der Waals surface area contributed by atoms with Crippen LogP contribution in [0.1, 0.15) is 41.4 Å². The molecular weight excluding hydrogens is 366 g/mol. The molecule has 0 saturated heterocycles. The summed E-state index contributed by atoms with van der Waals surface area (Å²) in [6, 6.07) is 14.8. The van der Waals surface area contributed by atoms with E-state index in [1.165, 1.54) is 23.2 Å². The van der Waals surface area contributed by atoms with E-state index in [4.69, 9.17) is 0 Å². The van der Waals surface area contributed by atoms with Gasteiger partial charge in [0.1, 0.15) is 6.04 Å². The van der Waals surface area contributed by atoms with Crippen molar-refractivity contribution in [2.75, 3.05) is 5.32 Å². The Morgan fingerprint density at radius 3 is 2.28 bits per heavy atom. The number of amides is 1. The molecule has 1 N–H and O–H groups in total. The van der Waals surface area contributed by atoms with Gasteiger partial charge in [-0.1, -0.05) is 12.1 Å². The summed E-state index contributed by atoms with van der Waals surface area (Å²) < 4.78 is 1.18. The van der Waals surface area contributed by atoms with Gasteiger partial charge in [0, 0.05) is 22.9 Å². The summed E-state index contributed by atoms with van der Waals surface area (Å²) in [6.07, 6.45) is 0. The van der Waals surface area contributed by atoms with Gasteiger partial charge in [-0.15, -0.1) is 0 Å². The van der Waals surface area contributed by atoms with Crippen LogP contribution in [0.15, 0.2) is 59.4 Å². The fourth-order valence-corrected chi connectivity index (χ4v) is 2.90. The first-order valence-corrected chi connectivity index (χ1v) is 9.35. The van der Waals surface area contributed by atoms with Gasteiger partial charge in [-0.25, -0.2) is 4.68 Å². The minimum absolute atomic E-state index is 0.0462. The average Bonchev–Trinajstić information content (AvgIpc) is 2.70. The van der Waals surface area contributed by atoms with Crippen molar-refractivity contribution in [2.24, 2.45) is 0 Å². The predicted octanol–water partition coefficient (Wildman–Crippen LogP) is 3.93.